The Morgan fingerprint density at radius 2 is 1.88 bits per heavy atom. The van der Waals surface area contributed by atoms with Gasteiger partial charge in [0, 0.05) is 24.1 Å². The number of amidine groups is 1. The number of aliphatic hydroxyl groups excluding tert-OH is 1. The van der Waals surface area contributed by atoms with Crippen LogP contribution in [0.1, 0.15) is 21.5 Å². The molecular formula is C18H17N3O3. The Labute approximate surface area is 139 Å². The van der Waals surface area contributed by atoms with Crippen LogP contribution in [0.3, 0.4) is 0 Å². The molecule has 2 amide bonds. The Kier molecular flexibility index (Phi) is 4.67. The first-order valence-electron chi connectivity index (χ1n) is 7.63. The minimum atomic E-state index is -0.406. The highest BCUT2D eigenvalue weighted by molar-refractivity contribution is 6.10. The van der Waals surface area contributed by atoms with Gasteiger partial charge >= 0.3 is 6.03 Å². The first kappa shape index (κ1) is 15.9. The lowest BCUT2D eigenvalue weighted by molar-refractivity contribution is 0.103. The summed E-state index contributed by atoms with van der Waals surface area (Å²) in [6, 6.07) is 14.0. The molecule has 0 spiro atoms. The molecule has 0 saturated carbocycles. The number of carbonyl (C=O) groups is 2. The maximum absolute atomic E-state index is 12.5. The van der Waals surface area contributed by atoms with Gasteiger partial charge < -0.3 is 10.4 Å². The number of fused-ring (bicyclic) bond motifs is 1. The first-order valence-corrected chi connectivity index (χ1v) is 7.63. The third-order valence-electron chi connectivity index (χ3n) is 3.65. The van der Waals surface area contributed by atoms with E-state index in [2.05, 4.69) is 15.6 Å². The number of benzene rings is 2. The van der Waals surface area contributed by atoms with E-state index in [0.29, 0.717) is 23.4 Å². The molecule has 0 aliphatic carbocycles. The Morgan fingerprint density at radius 1 is 1.08 bits per heavy atom. The average molecular weight is 323 g/mol. The van der Waals surface area contributed by atoms with E-state index in [1.54, 1.807) is 24.3 Å². The van der Waals surface area contributed by atoms with Gasteiger partial charge in [-0.25, -0.2) is 9.79 Å². The number of nitrogens with zero attached hydrogens (tertiary/aromatic N) is 1. The van der Waals surface area contributed by atoms with Crippen LogP contribution in [0.15, 0.2) is 53.5 Å². The second-order valence-electron chi connectivity index (χ2n) is 5.38. The van der Waals surface area contributed by atoms with Crippen LogP contribution in [-0.4, -0.2) is 35.9 Å². The molecule has 1 aliphatic heterocycles. The molecule has 0 radical (unpaired) electrons. The molecule has 0 fully saturated rings. The van der Waals surface area contributed by atoms with Gasteiger partial charge in [-0.1, -0.05) is 30.3 Å². The normalized spacial score (nSPS) is 12.3. The highest BCUT2D eigenvalue weighted by atomic mass is 16.3. The zero-order valence-corrected chi connectivity index (χ0v) is 13.0. The zero-order chi connectivity index (χ0) is 16.9. The number of carbonyl (C=O) groups excluding carboxylic acids is 2. The smallest absolute Gasteiger partial charge is 0.320 e. The van der Waals surface area contributed by atoms with Gasteiger partial charge in [0.15, 0.2) is 5.78 Å². The Hall–Kier alpha value is -2.99. The summed E-state index contributed by atoms with van der Waals surface area (Å²) < 4.78 is 0. The molecule has 0 unspecified atom stereocenters. The highest BCUT2D eigenvalue weighted by Crippen LogP contribution is 2.27. The fraction of sp³-hybridized carbons (Fsp3) is 0.167. The highest BCUT2D eigenvalue weighted by Gasteiger charge is 2.18. The molecule has 3 N–H and O–H groups in total. The summed E-state index contributed by atoms with van der Waals surface area (Å²) in [5.74, 6) is 0.477. The summed E-state index contributed by atoms with van der Waals surface area (Å²) in [5, 5.41) is 13.8. The molecule has 0 aromatic heterocycles. The number of amides is 2. The number of hydrogen-bond acceptors (Lipinski definition) is 4. The second-order valence-corrected chi connectivity index (χ2v) is 5.38. The molecule has 2 aromatic rings. The van der Waals surface area contributed by atoms with Crippen LogP contribution in [0.5, 0.6) is 0 Å². The van der Waals surface area contributed by atoms with Crippen LogP contribution in [-0.2, 0) is 6.42 Å². The summed E-state index contributed by atoms with van der Waals surface area (Å²) in [5.41, 5.74) is 2.88. The van der Waals surface area contributed by atoms with Gasteiger partial charge in [0.2, 0.25) is 0 Å². The van der Waals surface area contributed by atoms with Crippen molar-refractivity contribution >= 4 is 23.3 Å². The molecular weight excluding hydrogens is 306 g/mol. The number of hydrogen-bond donors (Lipinski definition) is 3. The topological polar surface area (TPSA) is 90.8 Å². The number of urea groups is 1. The lowest BCUT2D eigenvalue weighted by Crippen LogP contribution is -2.40. The van der Waals surface area contributed by atoms with Crippen molar-refractivity contribution in [1.82, 2.24) is 10.6 Å². The van der Waals surface area contributed by atoms with Crippen molar-refractivity contribution in [3.8, 4) is 0 Å². The van der Waals surface area contributed by atoms with Crippen LogP contribution < -0.4 is 10.6 Å². The number of rotatable bonds is 4. The van der Waals surface area contributed by atoms with Crippen LogP contribution in [0.4, 0.5) is 10.5 Å². The summed E-state index contributed by atoms with van der Waals surface area (Å²) in [6.45, 7) is 0.0624. The maximum Gasteiger partial charge on any atom is 0.320 e. The van der Waals surface area contributed by atoms with Crippen molar-refractivity contribution in [2.75, 3.05) is 13.2 Å². The van der Waals surface area contributed by atoms with E-state index >= 15 is 0 Å². The minimum Gasteiger partial charge on any atom is -0.395 e. The van der Waals surface area contributed by atoms with Crippen LogP contribution in [0.2, 0.25) is 0 Å². The molecule has 0 bridgehead atoms. The summed E-state index contributed by atoms with van der Waals surface area (Å²) in [7, 11) is 0. The monoisotopic (exact) mass is 323 g/mol. The average Bonchev–Trinajstić information content (AvgIpc) is 3.01. The summed E-state index contributed by atoms with van der Waals surface area (Å²) >= 11 is 0. The second kappa shape index (κ2) is 7.06. The third-order valence-corrected chi connectivity index (χ3v) is 3.65. The van der Waals surface area contributed by atoms with Crippen molar-refractivity contribution in [3.63, 3.8) is 0 Å². The largest absolute Gasteiger partial charge is 0.395 e. The number of aliphatic hydroxyl groups is 1. The fourth-order valence-corrected chi connectivity index (χ4v) is 2.52. The standard InChI is InChI=1S/C18H17N3O3/c22-9-8-19-18(24)21-16-11-14-10-13(6-7-15(14)20-16)17(23)12-4-2-1-3-5-12/h1-7,10,22H,8-9,11H2,(H2,19,20,21,24). The Morgan fingerprint density at radius 3 is 2.62 bits per heavy atom. The Bertz CT molecular complexity index is 800. The minimum absolute atomic E-state index is 0.0412. The van der Waals surface area contributed by atoms with Gasteiger partial charge in [-0.05, 0) is 23.8 Å². The molecule has 1 aliphatic rings. The molecule has 6 nitrogen and oxygen atoms in total. The Balaban J connectivity index is 1.70. The number of nitrogens with one attached hydrogen (secondary N) is 2. The molecule has 24 heavy (non-hydrogen) atoms. The number of ketones is 1. The van der Waals surface area contributed by atoms with Gasteiger partial charge in [0.1, 0.15) is 5.84 Å². The van der Waals surface area contributed by atoms with Crippen molar-refractivity contribution in [2.24, 2.45) is 4.99 Å². The van der Waals surface area contributed by atoms with Crippen molar-refractivity contribution in [3.05, 3.63) is 65.2 Å². The molecule has 122 valence electrons. The van der Waals surface area contributed by atoms with E-state index in [-0.39, 0.29) is 18.9 Å². The van der Waals surface area contributed by atoms with Gasteiger partial charge in [-0.3, -0.25) is 10.1 Å². The molecule has 3 rings (SSSR count). The summed E-state index contributed by atoms with van der Waals surface area (Å²) in [6.07, 6.45) is 0.456. The van der Waals surface area contributed by atoms with Gasteiger partial charge in [-0.2, -0.15) is 0 Å². The first-order chi connectivity index (χ1) is 11.7. The van der Waals surface area contributed by atoms with E-state index < -0.39 is 6.03 Å². The molecule has 0 saturated heterocycles. The number of aliphatic imine (C=N–C) groups is 1. The van der Waals surface area contributed by atoms with E-state index in [9.17, 15) is 9.59 Å². The van der Waals surface area contributed by atoms with E-state index in [0.717, 1.165) is 11.3 Å². The van der Waals surface area contributed by atoms with E-state index in [1.807, 2.05) is 24.3 Å². The van der Waals surface area contributed by atoms with Crippen LogP contribution in [0.25, 0.3) is 0 Å². The molecule has 2 aromatic carbocycles. The van der Waals surface area contributed by atoms with E-state index in [1.165, 1.54) is 0 Å². The lowest BCUT2D eigenvalue weighted by atomic mass is 10.00. The maximum atomic E-state index is 12.5. The lowest BCUT2D eigenvalue weighted by Gasteiger charge is -2.05. The quantitative estimate of drug-likeness (QED) is 0.749. The van der Waals surface area contributed by atoms with Gasteiger partial charge in [0.05, 0.1) is 12.3 Å². The summed E-state index contributed by atoms with van der Waals surface area (Å²) in [4.78, 5) is 28.4. The van der Waals surface area contributed by atoms with Crippen molar-refractivity contribution in [1.29, 1.82) is 0 Å². The predicted octanol–water partition coefficient (Wildman–Crippen LogP) is 1.80. The van der Waals surface area contributed by atoms with E-state index in [4.69, 9.17) is 5.11 Å². The van der Waals surface area contributed by atoms with Crippen LogP contribution in [0, 0.1) is 0 Å². The zero-order valence-electron chi connectivity index (χ0n) is 13.0. The third kappa shape index (κ3) is 3.49. The predicted molar refractivity (Wildman–Crippen MR) is 90.7 cm³/mol. The molecule has 0 atom stereocenters. The van der Waals surface area contributed by atoms with Crippen molar-refractivity contribution < 1.29 is 14.7 Å². The fourth-order valence-electron chi connectivity index (χ4n) is 2.52. The molecule has 6 heteroatoms. The van der Waals surface area contributed by atoms with Crippen molar-refractivity contribution in [2.45, 2.75) is 6.42 Å². The van der Waals surface area contributed by atoms with Crippen LogP contribution >= 0.6 is 0 Å². The SMILES string of the molecule is O=C(NCCO)NC1=Nc2ccc(C(=O)c3ccccc3)cc2C1. The van der Waals surface area contributed by atoms with Gasteiger partial charge in [0.25, 0.3) is 0 Å². The molecule has 1 heterocycles. The van der Waals surface area contributed by atoms with Gasteiger partial charge in [-0.15, -0.1) is 0 Å².